The molecule has 0 aliphatic carbocycles. The Kier molecular flexibility index (Phi) is 4.50. The monoisotopic (exact) mass is 232 g/mol. The second-order valence-corrected chi connectivity index (χ2v) is 5.27. The van der Waals surface area contributed by atoms with Gasteiger partial charge in [-0.2, -0.15) is 0 Å². The van der Waals surface area contributed by atoms with Crippen LogP contribution in [0, 0.1) is 5.41 Å². The van der Waals surface area contributed by atoms with Gasteiger partial charge in [0.05, 0.1) is 0 Å². The van der Waals surface area contributed by atoms with E-state index in [-0.39, 0.29) is 11.2 Å². The van der Waals surface area contributed by atoms with Crippen molar-refractivity contribution in [2.75, 3.05) is 0 Å². The summed E-state index contributed by atoms with van der Waals surface area (Å²) in [4.78, 5) is 12.5. The molecule has 94 valence electrons. The van der Waals surface area contributed by atoms with Crippen LogP contribution in [0.25, 0.3) is 0 Å². The molecular formula is C16H24O. The predicted octanol–water partition coefficient (Wildman–Crippen LogP) is 4.43. The molecule has 0 saturated carbocycles. The molecule has 0 atom stereocenters. The largest absolute Gasteiger partial charge is 0.294 e. The highest BCUT2D eigenvalue weighted by Crippen LogP contribution is 2.28. The average molecular weight is 232 g/mol. The van der Waals surface area contributed by atoms with Gasteiger partial charge in [-0.25, -0.2) is 0 Å². The molecule has 0 fully saturated rings. The Balaban J connectivity index is 3.23. The lowest BCUT2D eigenvalue weighted by Crippen LogP contribution is -2.24. The average Bonchev–Trinajstić information content (AvgIpc) is 2.36. The zero-order valence-electron chi connectivity index (χ0n) is 11.8. The van der Waals surface area contributed by atoms with Gasteiger partial charge in [-0.05, 0) is 36.5 Å². The van der Waals surface area contributed by atoms with Gasteiger partial charge >= 0.3 is 0 Å². The first-order valence-electron chi connectivity index (χ1n) is 6.62. The number of benzene rings is 1. The van der Waals surface area contributed by atoms with E-state index in [0.717, 1.165) is 24.8 Å². The highest BCUT2D eigenvalue weighted by molar-refractivity contribution is 6.01. The van der Waals surface area contributed by atoms with Crippen LogP contribution in [-0.2, 0) is 12.8 Å². The second-order valence-electron chi connectivity index (χ2n) is 5.27. The van der Waals surface area contributed by atoms with Crippen molar-refractivity contribution in [3.63, 3.8) is 0 Å². The Hall–Kier alpha value is -1.11. The Labute approximate surface area is 105 Å². The first kappa shape index (κ1) is 14.0. The van der Waals surface area contributed by atoms with E-state index in [4.69, 9.17) is 0 Å². The van der Waals surface area contributed by atoms with E-state index in [0.29, 0.717) is 0 Å². The van der Waals surface area contributed by atoms with Gasteiger partial charge in [-0.3, -0.25) is 4.79 Å². The molecule has 0 saturated heterocycles. The molecule has 17 heavy (non-hydrogen) atoms. The normalized spacial score (nSPS) is 11.6. The quantitative estimate of drug-likeness (QED) is 0.686. The lowest BCUT2D eigenvalue weighted by molar-refractivity contribution is 0.0832. The van der Waals surface area contributed by atoms with Crippen molar-refractivity contribution in [3.05, 3.63) is 34.9 Å². The third-order valence-electron chi connectivity index (χ3n) is 3.71. The summed E-state index contributed by atoms with van der Waals surface area (Å²) in [6, 6.07) is 6.32. The van der Waals surface area contributed by atoms with E-state index >= 15 is 0 Å². The van der Waals surface area contributed by atoms with Gasteiger partial charge in [0.25, 0.3) is 0 Å². The van der Waals surface area contributed by atoms with Crippen molar-refractivity contribution in [1.82, 2.24) is 0 Å². The van der Waals surface area contributed by atoms with E-state index < -0.39 is 0 Å². The van der Waals surface area contributed by atoms with Gasteiger partial charge in [-0.1, -0.05) is 46.8 Å². The fourth-order valence-corrected chi connectivity index (χ4v) is 1.89. The molecule has 0 heterocycles. The Bertz CT molecular complexity index is 402. The fourth-order valence-electron chi connectivity index (χ4n) is 1.89. The fraction of sp³-hybridized carbons (Fsp3) is 0.562. The van der Waals surface area contributed by atoms with Crippen LogP contribution in [0.5, 0.6) is 0 Å². The van der Waals surface area contributed by atoms with Gasteiger partial charge in [0.1, 0.15) is 0 Å². The predicted molar refractivity (Wildman–Crippen MR) is 73.6 cm³/mol. The summed E-state index contributed by atoms with van der Waals surface area (Å²) >= 11 is 0. The summed E-state index contributed by atoms with van der Waals surface area (Å²) in [6.07, 6.45) is 2.78. The molecule has 0 radical (unpaired) electrons. The van der Waals surface area contributed by atoms with E-state index in [1.165, 1.54) is 11.1 Å². The summed E-state index contributed by atoms with van der Waals surface area (Å²) in [7, 11) is 0. The van der Waals surface area contributed by atoms with E-state index in [1.807, 2.05) is 13.8 Å². The number of carbonyl (C=O) groups excluding carboxylic acids is 1. The van der Waals surface area contributed by atoms with Crippen LogP contribution >= 0.6 is 0 Å². The van der Waals surface area contributed by atoms with Crippen LogP contribution in [0.3, 0.4) is 0 Å². The third kappa shape index (κ3) is 2.96. The molecule has 0 aliphatic heterocycles. The SMILES string of the molecule is CCc1ccc(CC)c(C(=O)C(C)(C)CC)c1. The van der Waals surface area contributed by atoms with Gasteiger partial charge in [0, 0.05) is 11.0 Å². The summed E-state index contributed by atoms with van der Waals surface area (Å²) < 4.78 is 0. The van der Waals surface area contributed by atoms with Crippen LogP contribution in [0.4, 0.5) is 0 Å². The number of Topliss-reactive ketones (excluding diaryl/α,β-unsaturated/α-hetero) is 1. The van der Waals surface area contributed by atoms with Gasteiger partial charge in [0.2, 0.25) is 0 Å². The third-order valence-corrected chi connectivity index (χ3v) is 3.71. The van der Waals surface area contributed by atoms with E-state index in [9.17, 15) is 4.79 Å². The summed E-state index contributed by atoms with van der Waals surface area (Å²) in [6.45, 7) is 10.4. The molecule has 1 heteroatoms. The van der Waals surface area contributed by atoms with Crippen molar-refractivity contribution in [2.24, 2.45) is 5.41 Å². The Morgan fingerprint density at radius 1 is 1.12 bits per heavy atom. The molecule has 0 bridgehead atoms. The van der Waals surface area contributed by atoms with Gasteiger partial charge in [0.15, 0.2) is 5.78 Å². The summed E-state index contributed by atoms with van der Waals surface area (Å²) in [5, 5.41) is 0. The van der Waals surface area contributed by atoms with Crippen LogP contribution in [0.15, 0.2) is 18.2 Å². The highest BCUT2D eigenvalue weighted by atomic mass is 16.1. The molecule has 0 N–H and O–H groups in total. The molecule has 0 amide bonds. The Morgan fingerprint density at radius 2 is 1.76 bits per heavy atom. The topological polar surface area (TPSA) is 17.1 Å². The minimum atomic E-state index is -0.254. The molecule has 1 rings (SSSR count). The standard InChI is InChI=1S/C16H24O/c1-6-12-9-10-13(7-2)14(11-12)15(17)16(4,5)8-3/h9-11H,6-8H2,1-5H3. The first-order valence-corrected chi connectivity index (χ1v) is 6.62. The number of rotatable bonds is 5. The molecule has 1 nitrogen and oxygen atoms in total. The summed E-state index contributed by atoms with van der Waals surface area (Å²) in [5.74, 6) is 0.284. The molecule has 1 aromatic carbocycles. The summed E-state index contributed by atoms with van der Waals surface area (Å²) in [5.41, 5.74) is 3.10. The van der Waals surface area contributed by atoms with Crippen LogP contribution < -0.4 is 0 Å². The molecule has 0 aliphatic rings. The number of aryl methyl sites for hydroxylation is 2. The zero-order chi connectivity index (χ0) is 13.1. The molecule has 0 unspecified atom stereocenters. The molecule has 0 aromatic heterocycles. The van der Waals surface area contributed by atoms with Crippen molar-refractivity contribution in [2.45, 2.75) is 53.9 Å². The van der Waals surface area contributed by atoms with Crippen LogP contribution in [0.2, 0.25) is 0 Å². The zero-order valence-corrected chi connectivity index (χ0v) is 11.8. The Morgan fingerprint density at radius 3 is 2.24 bits per heavy atom. The van der Waals surface area contributed by atoms with Crippen molar-refractivity contribution >= 4 is 5.78 Å². The van der Waals surface area contributed by atoms with E-state index in [1.54, 1.807) is 0 Å². The van der Waals surface area contributed by atoms with Crippen molar-refractivity contribution in [3.8, 4) is 0 Å². The molecular weight excluding hydrogens is 208 g/mol. The first-order chi connectivity index (χ1) is 7.96. The van der Waals surface area contributed by atoms with Crippen molar-refractivity contribution in [1.29, 1.82) is 0 Å². The lowest BCUT2D eigenvalue weighted by atomic mass is 9.80. The molecule has 1 aromatic rings. The minimum absolute atomic E-state index is 0.254. The number of hydrogen-bond acceptors (Lipinski definition) is 1. The maximum absolute atomic E-state index is 12.5. The van der Waals surface area contributed by atoms with Crippen LogP contribution in [-0.4, -0.2) is 5.78 Å². The maximum Gasteiger partial charge on any atom is 0.168 e. The second kappa shape index (κ2) is 5.48. The maximum atomic E-state index is 12.5. The van der Waals surface area contributed by atoms with Gasteiger partial charge < -0.3 is 0 Å². The lowest BCUT2D eigenvalue weighted by Gasteiger charge is -2.22. The minimum Gasteiger partial charge on any atom is -0.294 e. The van der Waals surface area contributed by atoms with E-state index in [2.05, 4.69) is 39.0 Å². The number of hydrogen-bond donors (Lipinski definition) is 0. The number of carbonyl (C=O) groups is 1. The van der Waals surface area contributed by atoms with Gasteiger partial charge in [-0.15, -0.1) is 0 Å². The number of ketones is 1. The smallest absolute Gasteiger partial charge is 0.168 e. The van der Waals surface area contributed by atoms with Crippen molar-refractivity contribution < 1.29 is 4.79 Å². The highest BCUT2D eigenvalue weighted by Gasteiger charge is 2.27. The molecule has 0 spiro atoms. The van der Waals surface area contributed by atoms with Crippen LogP contribution in [0.1, 0.15) is 62.5 Å².